The lowest BCUT2D eigenvalue weighted by Crippen LogP contribution is -2.39. The molecular weight excluding hydrogens is 140 g/mol. The topological polar surface area (TPSA) is 40.5 Å². The van der Waals surface area contributed by atoms with E-state index in [1.165, 1.54) is 0 Å². The number of hydrogen-bond acceptors (Lipinski definition) is 2. The van der Waals surface area contributed by atoms with E-state index < -0.39 is 11.7 Å². The van der Waals surface area contributed by atoms with Gasteiger partial charge >= 0.3 is 0 Å². The van der Waals surface area contributed by atoms with Crippen molar-refractivity contribution in [3.8, 4) is 0 Å². The quantitative estimate of drug-likeness (QED) is 0.601. The Labute approximate surface area is 67.9 Å². The van der Waals surface area contributed by atoms with Gasteiger partial charge < -0.3 is 10.2 Å². The minimum atomic E-state index is -1.01. The van der Waals surface area contributed by atoms with Gasteiger partial charge in [-0.3, -0.25) is 0 Å². The van der Waals surface area contributed by atoms with Crippen molar-refractivity contribution in [2.75, 3.05) is 0 Å². The molecule has 0 fully saturated rings. The predicted molar refractivity (Wildman–Crippen MR) is 45.2 cm³/mol. The van der Waals surface area contributed by atoms with Crippen molar-refractivity contribution < 1.29 is 10.2 Å². The molecule has 64 valence electrons. The van der Waals surface area contributed by atoms with Gasteiger partial charge in [-0.15, -0.1) is 5.73 Å². The second-order valence-electron chi connectivity index (χ2n) is 2.75. The molecule has 2 unspecified atom stereocenters. The summed E-state index contributed by atoms with van der Waals surface area (Å²) in [4.78, 5) is 0. The first-order chi connectivity index (χ1) is 5.06. The van der Waals surface area contributed by atoms with E-state index in [-0.39, 0.29) is 0 Å². The van der Waals surface area contributed by atoms with Crippen molar-refractivity contribution in [3.05, 3.63) is 18.4 Å². The Balaban J connectivity index is 4.21. The minimum Gasteiger partial charge on any atom is -0.390 e. The molecule has 0 saturated carbocycles. The summed E-state index contributed by atoms with van der Waals surface area (Å²) in [6.07, 6.45) is 1.86. The van der Waals surface area contributed by atoms with Gasteiger partial charge in [0.25, 0.3) is 0 Å². The lowest BCUT2D eigenvalue weighted by Gasteiger charge is -2.28. The first-order valence-corrected chi connectivity index (χ1v) is 3.81. The molecule has 0 aliphatic rings. The molecule has 0 aromatic carbocycles. The summed E-state index contributed by atoms with van der Waals surface area (Å²) in [5.74, 6) is 0. The van der Waals surface area contributed by atoms with Crippen LogP contribution in [-0.4, -0.2) is 21.9 Å². The van der Waals surface area contributed by atoms with Crippen LogP contribution in [0.1, 0.15) is 26.7 Å². The van der Waals surface area contributed by atoms with Crippen LogP contribution in [0.25, 0.3) is 0 Å². The highest BCUT2D eigenvalue weighted by atomic mass is 16.3. The van der Waals surface area contributed by atoms with Gasteiger partial charge in [0.1, 0.15) is 0 Å². The molecule has 2 nitrogen and oxygen atoms in total. The molecule has 0 aromatic heterocycles. The van der Waals surface area contributed by atoms with Crippen molar-refractivity contribution in [1.82, 2.24) is 0 Å². The Morgan fingerprint density at radius 3 is 2.55 bits per heavy atom. The van der Waals surface area contributed by atoms with Crippen molar-refractivity contribution in [2.45, 2.75) is 38.4 Å². The average Bonchev–Trinajstić information content (AvgIpc) is 2.00. The van der Waals surface area contributed by atoms with Gasteiger partial charge in [0.05, 0.1) is 11.7 Å². The average molecular weight is 156 g/mol. The molecule has 0 aliphatic carbocycles. The molecule has 0 aliphatic heterocycles. The van der Waals surface area contributed by atoms with Crippen molar-refractivity contribution >= 4 is 0 Å². The van der Waals surface area contributed by atoms with Crippen LogP contribution in [-0.2, 0) is 0 Å². The largest absolute Gasteiger partial charge is 0.390 e. The number of hydrogen-bond donors (Lipinski definition) is 2. The first kappa shape index (κ1) is 10.4. The van der Waals surface area contributed by atoms with Gasteiger partial charge in [-0.2, -0.15) is 0 Å². The Kier molecular flexibility index (Phi) is 4.12. The maximum absolute atomic E-state index is 9.68. The van der Waals surface area contributed by atoms with Crippen LogP contribution in [0.3, 0.4) is 0 Å². The maximum Gasteiger partial charge on any atom is 0.0940 e. The van der Waals surface area contributed by atoms with Crippen LogP contribution < -0.4 is 0 Å². The smallest absolute Gasteiger partial charge is 0.0940 e. The summed E-state index contributed by atoms with van der Waals surface area (Å²) < 4.78 is 0. The first-order valence-electron chi connectivity index (χ1n) is 3.81. The highest BCUT2D eigenvalue weighted by Crippen LogP contribution is 2.19. The van der Waals surface area contributed by atoms with Gasteiger partial charge in [0.2, 0.25) is 0 Å². The fraction of sp³-hybridized carbons (Fsp3) is 0.667. The Morgan fingerprint density at radius 2 is 2.27 bits per heavy atom. The maximum atomic E-state index is 9.68. The monoisotopic (exact) mass is 156 g/mol. The van der Waals surface area contributed by atoms with E-state index in [9.17, 15) is 10.2 Å². The third kappa shape index (κ3) is 2.89. The molecule has 2 atom stereocenters. The molecule has 0 bridgehead atoms. The zero-order chi connectivity index (χ0) is 8.91. The summed E-state index contributed by atoms with van der Waals surface area (Å²) in [7, 11) is 0. The van der Waals surface area contributed by atoms with Crippen LogP contribution in [0.15, 0.2) is 18.4 Å². The van der Waals surface area contributed by atoms with Crippen LogP contribution in [0, 0.1) is 0 Å². The number of rotatable bonds is 4. The molecule has 2 N–H and O–H groups in total. The molecule has 0 rings (SSSR count). The predicted octanol–water partition coefficient (Wildman–Crippen LogP) is 1.24. The Bertz CT molecular complexity index is 157. The van der Waals surface area contributed by atoms with Crippen molar-refractivity contribution in [1.29, 1.82) is 0 Å². The second-order valence-corrected chi connectivity index (χ2v) is 2.75. The molecule has 0 saturated heterocycles. The van der Waals surface area contributed by atoms with E-state index in [0.29, 0.717) is 12.8 Å². The van der Waals surface area contributed by atoms with Gasteiger partial charge in [-0.1, -0.05) is 13.5 Å². The fourth-order valence-corrected chi connectivity index (χ4v) is 0.859. The fourth-order valence-electron chi connectivity index (χ4n) is 0.859. The van der Waals surface area contributed by atoms with E-state index in [2.05, 4.69) is 12.3 Å². The number of aliphatic hydroxyl groups excluding tert-OH is 1. The summed E-state index contributed by atoms with van der Waals surface area (Å²) >= 11 is 0. The third-order valence-corrected chi connectivity index (χ3v) is 1.99. The van der Waals surface area contributed by atoms with Gasteiger partial charge in [-0.05, 0) is 19.4 Å². The van der Waals surface area contributed by atoms with Gasteiger partial charge in [0, 0.05) is 6.42 Å². The zero-order valence-corrected chi connectivity index (χ0v) is 7.17. The highest BCUT2D eigenvalue weighted by molar-refractivity contribution is 4.91. The van der Waals surface area contributed by atoms with Crippen molar-refractivity contribution in [2.24, 2.45) is 0 Å². The Morgan fingerprint density at radius 1 is 1.73 bits per heavy atom. The summed E-state index contributed by atoms with van der Waals surface area (Å²) in [6.45, 7) is 6.80. The molecular formula is C9H16O2. The van der Waals surface area contributed by atoms with Crippen LogP contribution in [0.5, 0.6) is 0 Å². The van der Waals surface area contributed by atoms with Gasteiger partial charge in [0.15, 0.2) is 0 Å². The lowest BCUT2D eigenvalue weighted by atomic mass is 9.91. The summed E-state index contributed by atoms with van der Waals surface area (Å²) in [5.41, 5.74) is 1.56. The van der Waals surface area contributed by atoms with Crippen LogP contribution in [0.4, 0.5) is 0 Å². The molecule has 11 heavy (non-hydrogen) atoms. The van der Waals surface area contributed by atoms with Crippen LogP contribution in [0.2, 0.25) is 0 Å². The lowest BCUT2D eigenvalue weighted by molar-refractivity contribution is -0.0660. The van der Waals surface area contributed by atoms with E-state index in [1.54, 1.807) is 13.0 Å². The van der Waals surface area contributed by atoms with E-state index in [0.717, 1.165) is 0 Å². The molecule has 0 spiro atoms. The molecule has 0 radical (unpaired) electrons. The minimum absolute atomic E-state index is 0.407. The van der Waals surface area contributed by atoms with Gasteiger partial charge in [-0.25, -0.2) is 0 Å². The van der Waals surface area contributed by atoms with E-state index in [1.807, 2.05) is 6.92 Å². The second kappa shape index (κ2) is 4.35. The normalized spacial score (nSPS) is 18.2. The Hall–Kier alpha value is -0.560. The number of aliphatic hydroxyl groups is 2. The van der Waals surface area contributed by atoms with E-state index in [4.69, 9.17) is 0 Å². The molecule has 0 aromatic rings. The summed E-state index contributed by atoms with van der Waals surface area (Å²) in [5, 5.41) is 18.9. The zero-order valence-electron chi connectivity index (χ0n) is 7.17. The van der Waals surface area contributed by atoms with Crippen LogP contribution >= 0.6 is 0 Å². The van der Waals surface area contributed by atoms with E-state index >= 15 is 0 Å². The highest BCUT2D eigenvalue weighted by Gasteiger charge is 2.28. The third-order valence-electron chi connectivity index (χ3n) is 1.99. The van der Waals surface area contributed by atoms with Crippen molar-refractivity contribution in [3.63, 3.8) is 0 Å². The molecule has 0 amide bonds. The molecule has 2 heteroatoms. The summed E-state index contributed by atoms with van der Waals surface area (Å²) in [6, 6.07) is 0. The standard InChI is InChI=1S/C9H16O2/c1-4-6-7-9(11,5-2)8(3)10/h6,8,10-11H,1,5,7H2,2-3H3. The molecule has 0 heterocycles. The SMILES string of the molecule is C=C=CCC(O)(CC)C(C)O.